The lowest BCUT2D eigenvalue weighted by Gasteiger charge is -2.05. The second kappa shape index (κ2) is 5.85. The van der Waals surface area contributed by atoms with Gasteiger partial charge in [0, 0.05) is 22.2 Å². The van der Waals surface area contributed by atoms with Gasteiger partial charge in [-0.25, -0.2) is 0 Å². The van der Waals surface area contributed by atoms with Crippen LogP contribution in [0.15, 0.2) is 59.2 Å². The van der Waals surface area contributed by atoms with E-state index in [4.69, 9.17) is 4.42 Å². The maximum Gasteiger partial charge on any atom is 0.228 e. The number of carbonyl (C=O) groups excluding carboxylic acids is 2. The number of Topliss-reactive ketones (excluding diaryl/α,β-unsaturated/α-hetero) is 1. The Bertz CT molecular complexity index is 848. The summed E-state index contributed by atoms with van der Waals surface area (Å²) >= 11 is 0. The molecule has 4 heteroatoms. The molecule has 0 saturated carbocycles. The molecule has 1 N–H and O–H groups in total. The Morgan fingerprint density at radius 1 is 1.09 bits per heavy atom. The monoisotopic (exact) mass is 293 g/mol. The highest BCUT2D eigenvalue weighted by molar-refractivity contribution is 5.98. The first-order valence-electron chi connectivity index (χ1n) is 6.99. The van der Waals surface area contributed by atoms with Crippen LogP contribution in [0.1, 0.15) is 22.8 Å². The number of para-hydroxylation sites is 1. The second-order valence-corrected chi connectivity index (χ2v) is 5.12. The van der Waals surface area contributed by atoms with E-state index < -0.39 is 0 Å². The fraction of sp³-hybridized carbons (Fsp3) is 0.111. The predicted molar refractivity (Wildman–Crippen MR) is 85.0 cm³/mol. The molecule has 0 fully saturated rings. The molecule has 4 nitrogen and oxygen atoms in total. The van der Waals surface area contributed by atoms with Crippen LogP contribution in [0.3, 0.4) is 0 Å². The third-order valence-corrected chi connectivity index (χ3v) is 3.47. The molecule has 110 valence electrons. The first-order chi connectivity index (χ1) is 10.6. The number of amides is 1. The van der Waals surface area contributed by atoms with E-state index in [-0.39, 0.29) is 18.1 Å². The van der Waals surface area contributed by atoms with E-state index in [0.717, 1.165) is 16.5 Å². The zero-order valence-corrected chi connectivity index (χ0v) is 12.1. The Labute approximate surface area is 127 Å². The van der Waals surface area contributed by atoms with E-state index in [1.165, 1.54) is 6.92 Å². The summed E-state index contributed by atoms with van der Waals surface area (Å²) in [7, 11) is 0. The summed E-state index contributed by atoms with van der Waals surface area (Å²) < 4.78 is 5.43. The lowest BCUT2D eigenvalue weighted by molar-refractivity contribution is -0.115. The normalized spacial score (nSPS) is 10.6. The number of hydrogen-bond donors (Lipinski definition) is 1. The van der Waals surface area contributed by atoms with Gasteiger partial charge in [0.2, 0.25) is 5.91 Å². The molecule has 0 radical (unpaired) electrons. The minimum absolute atomic E-state index is 0.0306. The van der Waals surface area contributed by atoms with Crippen molar-refractivity contribution in [1.82, 2.24) is 0 Å². The van der Waals surface area contributed by atoms with E-state index in [2.05, 4.69) is 5.32 Å². The van der Waals surface area contributed by atoms with Crippen LogP contribution in [0.5, 0.6) is 0 Å². The van der Waals surface area contributed by atoms with Gasteiger partial charge < -0.3 is 9.73 Å². The SMILES string of the molecule is CC(=O)c1cccc(NC(=O)Cc2coc3ccccc23)c1. The number of furan rings is 1. The topological polar surface area (TPSA) is 59.3 Å². The van der Waals surface area contributed by atoms with E-state index in [9.17, 15) is 9.59 Å². The first-order valence-corrected chi connectivity index (χ1v) is 6.99. The smallest absolute Gasteiger partial charge is 0.228 e. The Kier molecular flexibility index (Phi) is 3.74. The zero-order valence-electron chi connectivity index (χ0n) is 12.1. The van der Waals surface area contributed by atoms with Gasteiger partial charge in [0.15, 0.2) is 5.78 Å². The Hall–Kier alpha value is -2.88. The van der Waals surface area contributed by atoms with Crippen molar-refractivity contribution in [2.75, 3.05) is 5.32 Å². The van der Waals surface area contributed by atoms with Crippen LogP contribution in [0.4, 0.5) is 5.69 Å². The van der Waals surface area contributed by atoms with Crippen molar-refractivity contribution in [3.05, 3.63) is 65.9 Å². The molecule has 0 aliphatic carbocycles. The van der Waals surface area contributed by atoms with Crippen LogP contribution in [0.25, 0.3) is 11.0 Å². The van der Waals surface area contributed by atoms with Gasteiger partial charge in [-0.15, -0.1) is 0 Å². The Morgan fingerprint density at radius 2 is 1.91 bits per heavy atom. The summed E-state index contributed by atoms with van der Waals surface area (Å²) in [6.45, 7) is 1.50. The van der Waals surface area contributed by atoms with Crippen molar-refractivity contribution in [2.24, 2.45) is 0 Å². The fourth-order valence-corrected chi connectivity index (χ4v) is 2.36. The predicted octanol–water partition coefficient (Wildman–Crippen LogP) is 3.82. The standard InChI is InChI=1S/C18H15NO3/c1-12(20)13-5-4-6-15(9-13)19-18(21)10-14-11-22-17-8-3-2-7-16(14)17/h2-9,11H,10H2,1H3,(H,19,21). The number of rotatable bonds is 4. The summed E-state index contributed by atoms with van der Waals surface area (Å²) in [5, 5.41) is 3.75. The van der Waals surface area contributed by atoms with Crippen LogP contribution in [0, 0.1) is 0 Å². The van der Waals surface area contributed by atoms with Crippen LogP contribution in [0.2, 0.25) is 0 Å². The van der Waals surface area contributed by atoms with E-state index >= 15 is 0 Å². The van der Waals surface area contributed by atoms with Crippen LogP contribution < -0.4 is 5.32 Å². The molecule has 1 heterocycles. The van der Waals surface area contributed by atoms with Crippen molar-refractivity contribution >= 4 is 28.3 Å². The number of nitrogens with one attached hydrogen (secondary N) is 1. The summed E-state index contributed by atoms with van der Waals surface area (Å²) in [4.78, 5) is 23.5. The van der Waals surface area contributed by atoms with Gasteiger partial charge in [-0.05, 0) is 25.1 Å². The van der Waals surface area contributed by atoms with E-state index in [1.54, 1.807) is 30.5 Å². The van der Waals surface area contributed by atoms with Crippen LogP contribution >= 0.6 is 0 Å². The number of anilines is 1. The molecule has 2 aromatic carbocycles. The average Bonchev–Trinajstić information content (AvgIpc) is 2.91. The first kappa shape index (κ1) is 14.1. The molecule has 3 rings (SSSR count). The summed E-state index contributed by atoms with van der Waals surface area (Å²) in [5.41, 5.74) is 2.80. The maximum atomic E-state index is 12.2. The number of benzene rings is 2. The minimum atomic E-state index is -0.146. The van der Waals surface area contributed by atoms with E-state index in [0.29, 0.717) is 11.3 Å². The molecule has 1 amide bonds. The van der Waals surface area contributed by atoms with Gasteiger partial charge in [-0.2, -0.15) is 0 Å². The van der Waals surface area contributed by atoms with Gasteiger partial charge in [-0.1, -0.05) is 30.3 Å². The highest BCUT2D eigenvalue weighted by Crippen LogP contribution is 2.21. The minimum Gasteiger partial charge on any atom is -0.464 e. The molecule has 1 aromatic heterocycles. The van der Waals surface area contributed by atoms with Crippen molar-refractivity contribution in [3.8, 4) is 0 Å². The quantitative estimate of drug-likeness (QED) is 0.744. The average molecular weight is 293 g/mol. The Morgan fingerprint density at radius 3 is 2.73 bits per heavy atom. The molecular weight excluding hydrogens is 278 g/mol. The largest absolute Gasteiger partial charge is 0.464 e. The van der Waals surface area contributed by atoms with Crippen molar-refractivity contribution in [3.63, 3.8) is 0 Å². The maximum absolute atomic E-state index is 12.2. The van der Waals surface area contributed by atoms with Crippen molar-refractivity contribution < 1.29 is 14.0 Å². The number of fused-ring (bicyclic) bond motifs is 1. The van der Waals surface area contributed by atoms with Crippen molar-refractivity contribution in [1.29, 1.82) is 0 Å². The molecule has 0 aliphatic heterocycles. The van der Waals surface area contributed by atoms with Crippen LogP contribution in [-0.2, 0) is 11.2 Å². The number of ketones is 1. The molecular formula is C18H15NO3. The summed E-state index contributed by atoms with van der Waals surface area (Å²) in [5.74, 6) is -0.177. The highest BCUT2D eigenvalue weighted by atomic mass is 16.3. The van der Waals surface area contributed by atoms with Crippen molar-refractivity contribution in [2.45, 2.75) is 13.3 Å². The zero-order chi connectivity index (χ0) is 15.5. The van der Waals surface area contributed by atoms with Crippen LogP contribution in [-0.4, -0.2) is 11.7 Å². The van der Waals surface area contributed by atoms with Gasteiger partial charge in [0.05, 0.1) is 12.7 Å². The van der Waals surface area contributed by atoms with E-state index in [1.807, 2.05) is 24.3 Å². The summed E-state index contributed by atoms with van der Waals surface area (Å²) in [6, 6.07) is 14.5. The molecule has 3 aromatic rings. The van der Waals surface area contributed by atoms with Gasteiger partial charge in [0.25, 0.3) is 0 Å². The lowest BCUT2D eigenvalue weighted by atomic mass is 10.1. The third kappa shape index (κ3) is 2.91. The van der Waals surface area contributed by atoms with Gasteiger partial charge in [0.1, 0.15) is 5.58 Å². The molecule has 0 atom stereocenters. The summed E-state index contributed by atoms with van der Waals surface area (Å²) in [6.07, 6.45) is 1.83. The highest BCUT2D eigenvalue weighted by Gasteiger charge is 2.10. The Balaban J connectivity index is 1.75. The molecule has 22 heavy (non-hydrogen) atoms. The molecule has 0 saturated heterocycles. The lowest BCUT2D eigenvalue weighted by Crippen LogP contribution is -2.14. The molecule has 0 aliphatic rings. The van der Waals surface area contributed by atoms with Gasteiger partial charge in [-0.3, -0.25) is 9.59 Å². The number of carbonyl (C=O) groups is 2. The third-order valence-electron chi connectivity index (χ3n) is 3.47. The molecule has 0 unspecified atom stereocenters. The fourth-order valence-electron chi connectivity index (χ4n) is 2.36. The molecule has 0 bridgehead atoms. The molecule has 0 spiro atoms. The second-order valence-electron chi connectivity index (χ2n) is 5.12. The number of hydrogen-bond acceptors (Lipinski definition) is 3. The van der Waals surface area contributed by atoms with Gasteiger partial charge >= 0.3 is 0 Å².